The largest absolute Gasteiger partial charge is 0.445 e. The maximum atomic E-state index is 14.6. The van der Waals surface area contributed by atoms with E-state index in [1.165, 1.54) is 148 Å². The summed E-state index contributed by atoms with van der Waals surface area (Å²) >= 11 is 0. The van der Waals surface area contributed by atoms with Crippen LogP contribution in [0.1, 0.15) is 232 Å². The van der Waals surface area contributed by atoms with E-state index in [1.54, 1.807) is 0 Å². The molecule has 5 N–H and O–H groups in total. The van der Waals surface area contributed by atoms with Gasteiger partial charge >= 0.3 is 6.09 Å². The SMILES string of the molecule is CCCCCCCCCCCCCCCCOCC(CO)(COCCCCCCCCCCCCCCCC)NC(=O)[C@H](Cc1ccccc1)NC(=O)[C@@H](NC(=O)[C@H](C)NC(=O)OCc1ccccc1)[C@@H](C)CC. The quantitative estimate of drug-likeness (QED) is 0.0409. The lowest BCUT2D eigenvalue weighted by molar-refractivity contribution is -0.135. The summed E-state index contributed by atoms with van der Waals surface area (Å²) in [4.78, 5) is 55.0. The number of carbonyl (C=O) groups is 4. The van der Waals surface area contributed by atoms with E-state index in [-0.39, 0.29) is 32.2 Å². The first kappa shape index (κ1) is 66.1. The number of unbranched alkanes of at least 4 members (excludes halogenated alkanes) is 26. The van der Waals surface area contributed by atoms with E-state index < -0.39 is 54.1 Å². The second-order valence-corrected chi connectivity index (χ2v) is 21.3. The highest BCUT2D eigenvalue weighted by atomic mass is 16.5. The monoisotopic (exact) mass is 1030 g/mol. The smallest absolute Gasteiger partial charge is 0.408 e. The second-order valence-electron chi connectivity index (χ2n) is 21.3. The lowest BCUT2D eigenvalue weighted by Gasteiger charge is -2.35. The average molecular weight is 1040 g/mol. The van der Waals surface area contributed by atoms with Crippen molar-refractivity contribution >= 4 is 23.8 Å². The zero-order chi connectivity index (χ0) is 53.8. The first-order chi connectivity index (χ1) is 36.1. The molecule has 0 spiro atoms. The predicted molar refractivity (Wildman–Crippen MR) is 303 cm³/mol. The fourth-order valence-corrected chi connectivity index (χ4v) is 9.23. The van der Waals surface area contributed by atoms with E-state index in [1.807, 2.05) is 74.5 Å². The molecule has 0 aliphatic heterocycles. The summed E-state index contributed by atoms with van der Waals surface area (Å²) in [5.41, 5.74) is 0.365. The molecule has 12 heteroatoms. The van der Waals surface area contributed by atoms with Crippen molar-refractivity contribution in [1.29, 1.82) is 0 Å². The minimum atomic E-state index is -1.26. The molecule has 0 unspecified atom stereocenters. The number of ether oxygens (including phenoxy) is 3. The van der Waals surface area contributed by atoms with Crippen LogP contribution < -0.4 is 21.3 Å². The molecule has 2 aromatic rings. The zero-order valence-corrected chi connectivity index (χ0v) is 47.3. The molecule has 0 radical (unpaired) electrons. The number of hydrogen-bond donors (Lipinski definition) is 5. The summed E-state index contributed by atoms with van der Waals surface area (Å²) in [5.74, 6) is -1.93. The molecule has 12 nitrogen and oxygen atoms in total. The zero-order valence-electron chi connectivity index (χ0n) is 47.3. The van der Waals surface area contributed by atoms with E-state index in [4.69, 9.17) is 14.2 Å². The molecule has 0 fully saturated rings. The van der Waals surface area contributed by atoms with Crippen LogP contribution in [0.15, 0.2) is 60.7 Å². The van der Waals surface area contributed by atoms with Crippen molar-refractivity contribution in [2.24, 2.45) is 5.92 Å². The molecule has 74 heavy (non-hydrogen) atoms. The Labute approximate surface area is 450 Å². The van der Waals surface area contributed by atoms with Gasteiger partial charge in [-0.15, -0.1) is 0 Å². The molecule has 0 heterocycles. The van der Waals surface area contributed by atoms with Crippen molar-refractivity contribution in [3.05, 3.63) is 71.8 Å². The highest BCUT2D eigenvalue weighted by Gasteiger charge is 2.37. The number of nitrogens with one attached hydrogen (secondary N) is 4. The van der Waals surface area contributed by atoms with Gasteiger partial charge in [-0.1, -0.05) is 262 Å². The van der Waals surface area contributed by atoms with Gasteiger partial charge in [0.15, 0.2) is 0 Å². The van der Waals surface area contributed by atoms with Crippen LogP contribution in [0.5, 0.6) is 0 Å². The molecule has 2 rings (SSSR count). The Morgan fingerprint density at radius 1 is 0.500 bits per heavy atom. The Morgan fingerprint density at radius 2 is 0.905 bits per heavy atom. The standard InChI is InChI=1S/C62H106N4O8/c1-6-9-11-13-15-17-19-21-23-25-27-29-31-39-45-72-50-62(49-67,51-73-46-40-32-30-28-26-24-22-20-18-16-14-12-10-7-2)66-59(69)56(47-54-41-35-33-36-42-54)64-60(70)57(52(4)8-3)65-58(68)53(5)63-61(71)74-48-55-43-37-34-38-44-55/h33-38,41-44,52-53,56-57,67H,6-32,39-40,45-51H2,1-5H3,(H,63,71)(H,64,70)(H,65,68)(H,66,69)/t52-,53-,56-,57-/m0/s1. The number of aliphatic hydroxyl groups is 1. The van der Waals surface area contributed by atoms with Crippen LogP contribution in [0.4, 0.5) is 4.79 Å². The highest BCUT2D eigenvalue weighted by Crippen LogP contribution is 2.17. The van der Waals surface area contributed by atoms with Gasteiger partial charge in [0.05, 0.1) is 19.8 Å². The van der Waals surface area contributed by atoms with E-state index in [0.29, 0.717) is 19.6 Å². The number of benzene rings is 2. The lowest BCUT2D eigenvalue weighted by atomic mass is 9.96. The third kappa shape index (κ3) is 32.4. The Bertz CT molecular complexity index is 1650. The van der Waals surface area contributed by atoms with E-state index in [2.05, 4.69) is 35.1 Å². The number of rotatable bonds is 48. The number of aliphatic hydroxyl groups excluding tert-OH is 1. The van der Waals surface area contributed by atoms with Gasteiger partial charge in [-0.3, -0.25) is 14.4 Å². The summed E-state index contributed by atoms with van der Waals surface area (Å²) in [6.07, 6.45) is 35.3. The van der Waals surface area contributed by atoms with Crippen molar-refractivity contribution in [2.75, 3.05) is 33.0 Å². The summed E-state index contributed by atoms with van der Waals surface area (Å²) in [7, 11) is 0. The minimum absolute atomic E-state index is 0.0403. The van der Waals surface area contributed by atoms with Crippen LogP contribution >= 0.6 is 0 Å². The predicted octanol–water partition coefficient (Wildman–Crippen LogP) is 13.4. The van der Waals surface area contributed by atoms with Crippen molar-refractivity contribution < 1.29 is 38.5 Å². The number of carbonyl (C=O) groups excluding carboxylic acids is 4. The van der Waals surface area contributed by atoms with Crippen LogP contribution in [0.25, 0.3) is 0 Å². The first-order valence-electron chi connectivity index (χ1n) is 29.8. The summed E-state index contributed by atoms with van der Waals surface area (Å²) in [5, 5.41) is 22.5. The molecule has 0 aliphatic carbocycles. The molecular formula is C62H106N4O8. The molecule has 0 saturated carbocycles. The van der Waals surface area contributed by atoms with Gasteiger partial charge in [0.1, 0.15) is 30.3 Å². The normalized spacial score (nSPS) is 13.2. The minimum Gasteiger partial charge on any atom is -0.445 e. The summed E-state index contributed by atoms with van der Waals surface area (Å²) in [6, 6.07) is 15.5. The van der Waals surface area contributed by atoms with Crippen LogP contribution in [0.2, 0.25) is 0 Å². The molecule has 2 aromatic carbocycles. The van der Waals surface area contributed by atoms with Crippen LogP contribution in [0, 0.1) is 5.92 Å². The van der Waals surface area contributed by atoms with Gasteiger partial charge in [0, 0.05) is 19.6 Å². The van der Waals surface area contributed by atoms with Crippen LogP contribution in [-0.2, 0) is 41.6 Å². The Morgan fingerprint density at radius 3 is 1.31 bits per heavy atom. The van der Waals surface area contributed by atoms with Gasteiger partial charge in [0.25, 0.3) is 0 Å². The summed E-state index contributed by atoms with van der Waals surface area (Å²) < 4.78 is 17.8. The average Bonchev–Trinajstić information content (AvgIpc) is 3.41. The topological polar surface area (TPSA) is 164 Å². The Hall–Kier alpha value is -4.00. The highest BCUT2D eigenvalue weighted by molar-refractivity contribution is 5.94. The fourth-order valence-electron chi connectivity index (χ4n) is 9.23. The van der Waals surface area contributed by atoms with Gasteiger partial charge < -0.3 is 40.6 Å². The molecule has 0 saturated heterocycles. The van der Waals surface area contributed by atoms with Gasteiger partial charge in [-0.2, -0.15) is 0 Å². The van der Waals surface area contributed by atoms with Gasteiger partial charge in [0.2, 0.25) is 17.7 Å². The van der Waals surface area contributed by atoms with Gasteiger partial charge in [-0.05, 0) is 36.8 Å². The third-order valence-corrected chi connectivity index (χ3v) is 14.4. The molecule has 0 aliphatic rings. The van der Waals surface area contributed by atoms with E-state index in [0.717, 1.165) is 49.7 Å². The van der Waals surface area contributed by atoms with Crippen LogP contribution in [-0.4, -0.2) is 85.6 Å². The fraction of sp³-hybridized carbons (Fsp3) is 0.742. The summed E-state index contributed by atoms with van der Waals surface area (Å²) in [6.45, 7) is 10.5. The van der Waals surface area contributed by atoms with Crippen molar-refractivity contribution in [3.8, 4) is 0 Å². The molecule has 4 atom stereocenters. The maximum absolute atomic E-state index is 14.6. The molecule has 0 aromatic heterocycles. The van der Waals surface area contributed by atoms with E-state index >= 15 is 0 Å². The van der Waals surface area contributed by atoms with Crippen molar-refractivity contribution in [1.82, 2.24) is 21.3 Å². The molecule has 4 amide bonds. The Kier molecular flexibility index (Phi) is 39.5. The number of alkyl carbamates (subject to hydrolysis) is 1. The second kappa shape index (κ2) is 44.2. The lowest BCUT2D eigenvalue weighted by Crippen LogP contribution is -2.63. The maximum Gasteiger partial charge on any atom is 0.408 e. The van der Waals surface area contributed by atoms with Crippen LogP contribution in [0.3, 0.4) is 0 Å². The number of hydrogen-bond acceptors (Lipinski definition) is 8. The van der Waals surface area contributed by atoms with Crippen molar-refractivity contribution in [3.63, 3.8) is 0 Å². The first-order valence-corrected chi connectivity index (χ1v) is 29.8. The van der Waals surface area contributed by atoms with Gasteiger partial charge in [-0.25, -0.2) is 4.79 Å². The van der Waals surface area contributed by atoms with Crippen molar-refractivity contribution in [2.45, 2.75) is 258 Å². The Balaban J connectivity index is 2.05. The third-order valence-electron chi connectivity index (χ3n) is 14.4. The molecule has 0 bridgehead atoms. The molecule has 422 valence electrons. The molecular weight excluding hydrogens is 929 g/mol. The number of amides is 4. The van der Waals surface area contributed by atoms with E-state index in [9.17, 15) is 24.3 Å².